The zero-order valence-corrected chi connectivity index (χ0v) is 11.8. The van der Waals surface area contributed by atoms with Crippen LogP contribution in [0.25, 0.3) is 0 Å². The van der Waals surface area contributed by atoms with Crippen LogP contribution < -0.4 is 4.74 Å². The molecule has 19 heavy (non-hydrogen) atoms. The van der Waals surface area contributed by atoms with E-state index in [1.54, 1.807) is 12.1 Å². The van der Waals surface area contributed by atoms with Crippen LogP contribution in [0.15, 0.2) is 35.9 Å². The lowest BCUT2D eigenvalue weighted by Crippen LogP contribution is -2.14. The average Bonchev–Trinajstić information content (AvgIpc) is 2.36. The van der Waals surface area contributed by atoms with Gasteiger partial charge in [0.25, 0.3) is 0 Å². The monoisotopic (exact) mass is 278 g/mol. The van der Waals surface area contributed by atoms with Crippen molar-refractivity contribution in [3.05, 3.63) is 40.9 Å². The lowest BCUT2D eigenvalue weighted by atomic mass is 9.97. The maximum atomic E-state index is 12.1. The van der Waals surface area contributed by atoms with Gasteiger partial charge in [-0.15, -0.1) is 0 Å². The quantitative estimate of drug-likeness (QED) is 0.806. The summed E-state index contributed by atoms with van der Waals surface area (Å²) in [6.45, 7) is 0.103. The van der Waals surface area contributed by atoms with Crippen LogP contribution in [0.3, 0.4) is 0 Å². The molecule has 1 aliphatic rings. The van der Waals surface area contributed by atoms with E-state index >= 15 is 0 Å². The fourth-order valence-electron chi connectivity index (χ4n) is 2.24. The third-order valence-electron chi connectivity index (χ3n) is 3.32. The topological polar surface area (TPSA) is 26.3 Å². The molecule has 1 aliphatic carbocycles. The van der Waals surface area contributed by atoms with Crippen LogP contribution in [0, 0.1) is 0 Å². The Morgan fingerprint density at radius 1 is 1.21 bits per heavy atom. The van der Waals surface area contributed by atoms with Crippen LogP contribution in [0.2, 0.25) is 5.02 Å². The Bertz CT molecular complexity index is 466. The van der Waals surface area contributed by atoms with Crippen LogP contribution in [0.1, 0.15) is 38.5 Å². The number of hydrogen-bond acceptors (Lipinski definition) is 2. The van der Waals surface area contributed by atoms with Gasteiger partial charge in [-0.05, 0) is 49.5 Å². The van der Waals surface area contributed by atoms with Gasteiger partial charge in [-0.3, -0.25) is 4.79 Å². The second kappa shape index (κ2) is 7.34. The minimum Gasteiger partial charge on any atom is -0.485 e. The maximum absolute atomic E-state index is 12.1. The van der Waals surface area contributed by atoms with Crippen LogP contribution in [0.5, 0.6) is 5.75 Å². The Morgan fingerprint density at radius 2 is 2.05 bits per heavy atom. The summed E-state index contributed by atoms with van der Waals surface area (Å²) < 4.78 is 5.50. The number of halogens is 1. The fraction of sp³-hybridized carbons (Fsp3) is 0.438. The summed E-state index contributed by atoms with van der Waals surface area (Å²) >= 11 is 5.87. The zero-order valence-electron chi connectivity index (χ0n) is 11.0. The molecule has 3 heteroatoms. The van der Waals surface area contributed by atoms with Gasteiger partial charge in [0.1, 0.15) is 5.75 Å². The summed E-state index contributed by atoms with van der Waals surface area (Å²) in [5.74, 6) is 0.745. The van der Waals surface area contributed by atoms with Gasteiger partial charge in [-0.2, -0.15) is 0 Å². The van der Waals surface area contributed by atoms with Crippen LogP contribution in [0.4, 0.5) is 0 Å². The molecule has 0 aliphatic heterocycles. The summed E-state index contributed by atoms with van der Waals surface area (Å²) in [5.41, 5.74) is 0.932. The summed E-state index contributed by atoms with van der Waals surface area (Å²) in [5, 5.41) is 0.620. The molecule has 0 fully saturated rings. The summed E-state index contributed by atoms with van der Waals surface area (Å²) in [7, 11) is 0. The second-order valence-corrected chi connectivity index (χ2v) is 5.29. The highest BCUT2D eigenvalue weighted by molar-refractivity contribution is 6.30. The number of ether oxygens (including phenoxy) is 1. The molecule has 2 nitrogen and oxygen atoms in total. The van der Waals surface area contributed by atoms with Crippen molar-refractivity contribution in [2.45, 2.75) is 38.5 Å². The Morgan fingerprint density at radius 3 is 2.89 bits per heavy atom. The average molecular weight is 279 g/mol. The number of carbonyl (C=O) groups is 1. The number of Topliss-reactive ketones (excluding diaryl/α,β-unsaturated/α-hetero) is 1. The highest BCUT2D eigenvalue weighted by atomic mass is 35.5. The summed E-state index contributed by atoms with van der Waals surface area (Å²) in [6, 6.07) is 7.14. The molecule has 0 N–H and O–H groups in total. The minimum atomic E-state index is 0.0990. The van der Waals surface area contributed by atoms with Gasteiger partial charge in [0, 0.05) is 5.02 Å². The predicted molar refractivity (Wildman–Crippen MR) is 77.7 cm³/mol. The highest BCUT2D eigenvalue weighted by Crippen LogP contribution is 2.20. The number of allylic oxidation sites excluding steroid dienone is 1. The molecular weight excluding hydrogens is 260 g/mol. The normalized spacial score (nSPS) is 18.9. The third-order valence-corrected chi connectivity index (χ3v) is 3.55. The molecule has 0 radical (unpaired) electrons. The number of rotatable bonds is 4. The van der Waals surface area contributed by atoms with E-state index in [0.29, 0.717) is 10.8 Å². The molecule has 0 atom stereocenters. The van der Waals surface area contributed by atoms with Gasteiger partial charge in [0.2, 0.25) is 0 Å². The Balaban J connectivity index is 1.89. The maximum Gasteiger partial charge on any atom is 0.195 e. The third kappa shape index (κ3) is 4.71. The standard InChI is InChI=1S/C16H19ClO2/c17-14-9-6-10-15(11-14)19-12-16(18)13-7-4-2-1-3-5-8-13/h6-7,9-11H,1-5,8,12H2/b13-7+. The van der Waals surface area contributed by atoms with Gasteiger partial charge >= 0.3 is 0 Å². The fourth-order valence-corrected chi connectivity index (χ4v) is 2.42. The van der Waals surface area contributed by atoms with Crippen molar-refractivity contribution in [1.82, 2.24) is 0 Å². The van der Waals surface area contributed by atoms with E-state index in [1.165, 1.54) is 19.3 Å². The van der Waals surface area contributed by atoms with Gasteiger partial charge in [-0.25, -0.2) is 0 Å². The first-order chi connectivity index (χ1) is 9.25. The molecule has 0 amide bonds. The van der Waals surface area contributed by atoms with Crippen LogP contribution in [-0.2, 0) is 4.79 Å². The van der Waals surface area contributed by atoms with Gasteiger partial charge in [-0.1, -0.05) is 36.6 Å². The molecular formula is C16H19ClO2. The SMILES string of the molecule is O=C(COc1cccc(Cl)c1)/C1=C/CCCCCC1. The van der Waals surface area contributed by atoms with E-state index in [1.807, 2.05) is 12.1 Å². The number of ketones is 1. The zero-order chi connectivity index (χ0) is 13.5. The molecule has 1 aromatic rings. The van der Waals surface area contributed by atoms with Gasteiger partial charge in [0.05, 0.1) is 0 Å². The molecule has 1 aromatic carbocycles. The van der Waals surface area contributed by atoms with Crippen molar-refractivity contribution >= 4 is 17.4 Å². The molecule has 0 spiro atoms. The number of carbonyl (C=O) groups excluding carboxylic acids is 1. The number of hydrogen-bond donors (Lipinski definition) is 0. The van der Waals surface area contributed by atoms with E-state index in [0.717, 1.165) is 24.8 Å². The largest absolute Gasteiger partial charge is 0.485 e. The molecule has 0 aromatic heterocycles. The predicted octanol–water partition coefficient (Wildman–Crippen LogP) is 4.57. The molecule has 102 valence electrons. The molecule has 0 saturated carbocycles. The smallest absolute Gasteiger partial charge is 0.195 e. The van der Waals surface area contributed by atoms with E-state index in [-0.39, 0.29) is 12.4 Å². The summed E-state index contributed by atoms with van der Waals surface area (Å²) in [6.07, 6.45) is 8.77. The van der Waals surface area contributed by atoms with Gasteiger partial charge in [0.15, 0.2) is 12.4 Å². The van der Waals surface area contributed by atoms with E-state index in [9.17, 15) is 4.79 Å². The first-order valence-electron chi connectivity index (χ1n) is 6.86. The second-order valence-electron chi connectivity index (χ2n) is 4.85. The van der Waals surface area contributed by atoms with Crippen molar-refractivity contribution in [2.24, 2.45) is 0 Å². The molecule has 2 rings (SSSR count). The highest BCUT2D eigenvalue weighted by Gasteiger charge is 2.11. The van der Waals surface area contributed by atoms with Crippen molar-refractivity contribution in [1.29, 1.82) is 0 Å². The van der Waals surface area contributed by atoms with Crippen molar-refractivity contribution in [2.75, 3.05) is 6.61 Å². The number of benzene rings is 1. The molecule has 0 heterocycles. The summed E-state index contributed by atoms with van der Waals surface area (Å²) in [4.78, 5) is 12.1. The first kappa shape index (κ1) is 14.1. The lowest BCUT2D eigenvalue weighted by Gasteiger charge is -2.11. The Kier molecular flexibility index (Phi) is 5.46. The first-order valence-corrected chi connectivity index (χ1v) is 7.24. The Labute approximate surface area is 119 Å². The van der Waals surface area contributed by atoms with Crippen LogP contribution in [-0.4, -0.2) is 12.4 Å². The minimum absolute atomic E-state index is 0.0990. The van der Waals surface area contributed by atoms with E-state index in [2.05, 4.69) is 6.08 Å². The molecule has 0 saturated heterocycles. The van der Waals surface area contributed by atoms with Crippen LogP contribution >= 0.6 is 11.6 Å². The lowest BCUT2D eigenvalue weighted by molar-refractivity contribution is -0.117. The molecule has 0 bridgehead atoms. The molecule has 0 unspecified atom stereocenters. The van der Waals surface area contributed by atoms with E-state index < -0.39 is 0 Å². The van der Waals surface area contributed by atoms with Gasteiger partial charge < -0.3 is 4.74 Å². The van der Waals surface area contributed by atoms with Crippen molar-refractivity contribution in [3.8, 4) is 5.75 Å². The van der Waals surface area contributed by atoms with Crippen molar-refractivity contribution in [3.63, 3.8) is 0 Å². The van der Waals surface area contributed by atoms with Crippen molar-refractivity contribution < 1.29 is 9.53 Å². The van der Waals surface area contributed by atoms with E-state index in [4.69, 9.17) is 16.3 Å². The Hall–Kier alpha value is -1.28.